The first-order valence-corrected chi connectivity index (χ1v) is 9.23. The van der Waals surface area contributed by atoms with E-state index in [4.69, 9.17) is 0 Å². The number of ether oxygens (including phenoxy) is 3. The van der Waals surface area contributed by atoms with Crippen molar-refractivity contribution in [2.24, 2.45) is 0 Å². The standard InChI is InChI=1S/C18H17NO8S/c1-25-16(20)11-5-4-6-13(9-11)19-28(23,24)15-10-12(17(21)26-2)7-8-14(15)18(22)27-3/h4-10,19H,1-3H3. The summed E-state index contributed by atoms with van der Waals surface area (Å²) in [6, 6.07) is 8.98. The third-order valence-electron chi connectivity index (χ3n) is 3.63. The van der Waals surface area contributed by atoms with Gasteiger partial charge < -0.3 is 14.2 Å². The van der Waals surface area contributed by atoms with E-state index < -0.39 is 32.8 Å². The minimum Gasteiger partial charge on any atom is -0.465 e. The number of methoxy groups -OCH3 is 3. The van der Waals surface area contributed by atoms with Crippen molar-refractivity contribution in [3.05, 3.63) is 59.2 Å². The number of rotatable bonds is 6. The lowest BCUT2D eigenvalue weighted by atomic mass is 10.1. The molecule has 28 heavy (non-hydrogen) atoms. The summed E-state index contributed by atoms with van der Waals surface area (Å²) < 4.78 is 41.8. The number of benzene rings is 2. The number of anilines is 1. The lowest BCUT2D eigenvalue weighted by molar-refractivity contribution is 0.0583. The van der Waals surface area contributed by atoms with Gasteiger partial charge in [0.1, 0.15) is 4.90 Å². The smallest absolute Gasteiger partial charge is 0.339 e. The summed E-state index contributed by atoms with van der Waals surface area (Å²) in [5.41, 5.74) is -0.160. The van der Waals surface area contributed by atoms with E-state index in [-0.39, 0.29) is 22.4 Å². The molecule has 0 aliphatic heterocycles. The molecule has 1 N–H and O–H groups in total. The van der Waals surface area contributed by atoms with Gasteiger partial charge in [-0.25, -0.2) is 22.8 Å². The second-order valence-electron chi connectivity index (χ2n) is 5.37. The molecule has 0 aliphatic carbocycles. The van der Waals surface area contributed by atoms with E-state index in [2.05, 4.69) is 18.9 Å². The summed E-state index contributed by atoms with van der Waals surface area (Å²) in [6.07, 6.45) is 0. The zero-order valence-corrected chi connectivity index (χ0v) is 16.0. The summed E-state index contributed by atoms with van der Waals surface area (Å²) in [7, 11) is -0.891. The fourth-order valence-corrected chi connectivity index (χ4v) is 3.58. The summed E-state index contributed by atoms with van der Waals surface area (Å²) in [5.74, 6) is -2.33. The second-order valence-corrected chi connectivity index (χ2v) is 7.02. The first-order valence-electron chi connectivity index (χ1n) is 7.75. The molecule has 2 aromatic carbocycles. The van der Waals surface area contributed by atoms with Crippen LogP contribution in [0.25, 0.3) is 0 Å². The number of nitrogens with one attached hydrogen (secondary N) is 1. The fraction of sp³-hybridized carbons (Fsp3) is 0.167. The highest BCUT2D eigenvalue weighted by molar-refractivity contribution is 7.92. The number of carbonyl (C=O) groups is 3. The number of hydrogen-bond acceptors (Lipinski definition) is 8. The van der Waals surface area contributed by atoms with Gasteiger partial charge in [0, 0.05) is 5.69 Å². The van der Waals surface area contributed by atoms with Crippen molar-refractivity contribution < 1.29 is 37.0 Å². The van der Waals surface area contributed by atoms with Crippen LogP contribution < -0.4 is 4.72 Å². The first kappa shape index (κ1) is 20.9. The Bertz CT molecular complexity index is 1030. The Morgan fingerprint density at radius 2 is 1.36 bits per heavy atom. The predicted octanol–water partition coefficient (Wildman–Crippen LogP) is 1.85. The first-order chi connectivity index (χ1) is 13.2. The summed E-state index contributed by atoms with van der Waals surface area (Å²) in [6.45, 7) is 0. The van der Waals surface area contributed by atoms with E-state index in [1.165, 1.54) is 37.4 Å². The van der Waals surface area contributed by atoms with Crippen LogP contribution in [0.15, 0.2) is 47.4 Å². The SMILES string of the molecule is COC(=O)c1cccc(NS(=O)(=O)c2cc(C(=O)OC)ccc2C(=O)OC)c1. The molecule has 0 spiro atoms. The van der Waals surface area contributed by atoms with Gasteiger partial charge in [0.15, 0.2) is 0 Å². The zero-order chi connectivity index (χ0) is 20.9. The molecule has 0 bridgehead atoms. The Morgan fingerprint density at radius 3 is 1.93 bits per heavy atom. The molecule has 2 aromatic rings. The van der Waals surface area contributed by atoms with Gasteiger partial charge in [0.2, 0.25) is 0 Å². The van der Waals surface area contributed by atoms with Crippen molar-refractivity contribution >= 4 is 33.6 Å². The van der Waals surface area contributed by atoms with Crippen LogP contribution in [0.4, 0.5) is 5.69 Å². The van der Waals surface area contributed by atoms with E-state index in [1.807, 2.05) is 0 Å². The van der Waals surface area contributed by atoms with Gasteiger partial charge in [-0.1, -0.05) is 6.07 Å². The highest BCUT2D eigenvalue weighted by Crippen LogP contribution is 2.23. The van der Waals surface area contributed by atoms with Crippen molar-refractivity contribution in [2.45, 2.75) is 4.90 Å². The monoisotopic (exact) mass is 407 g/mol. The van der Waals surface area contributed by atoms with Crippen LogP contribution in [0.3, 0.4) is 0 Å². The number of hydrogen-bond donors (Lipinski definition) is 1. The number of carbonyl (C=O) groups excluding carboxylic acids is 3. The third kappa shape index (κ3) is 4.46. The van der Waals surface area contributed by atoms with Gasteiger partial charge in [-0.3, -0.25) is 4.72 Å². The highest BCUT2D eigenvalue weighted by Gasteiger charge is 2.25. The molecule has 0 unspecified atom stereocenters. The summed E-state index contributed by atoms with van der Waals surface area (Å²) in [4.78, 5) is 34.9. The topological polar surface area (TPSA) is 125 Å². The normalized spacial score (nSPS) is 10.7. The molecular weight excluding hydrogens is 390 g/mol. The molecule has 0 aliphatic rings. The lowest BCUT2D eigenvalue weighted by Crippen LogP contribution is -2.19. The molecule has 0 fully saturated rings. The summed E-state index contributed by atoms with van der Waals surface area (Å²) in [5, 5.41) is 0. The molecular formula is C18H17NO8S. The predicted molar refractivity (Wildman–Crippen MR) is 97.7 cm³/mol. The van der Waals surface area contributed by atoms with Gasteiger partial charge in [-0.2, -0.15) is 0 Å². The van der Waals surface area contributed by atoms with E-state index in [1.54, 1.807) is 0 Å². The van der Waals surface area contributed by atoms with Crippen LogP contribution in [0, 0.1) is 0 Å². The minimum atomic E-state index is -4.32. The Labute approximate surface area is 161 Å². The molecule has 0 saturated carbocycles. The molecule has 10 heteroatoms. The van der Waals surface area contributed by atoms with Crippen LogP contribution in [0.1, 0.15) is 31.1 Å². The fourth-order valence-electron chi connectivity index (χ4n) is 2.31. The molecule has 148 valence electrons. The Balaban J connectivity index is 2.53. The molecule has 0 atom stereocenters. The van der Waals surface area contributed by atoms with Crippen molar-refractivity contribution in [2.75, 3.05) is 26.1 Å². The van der Waals surface area contributed by atoms with Gasteiger partial charge in [-0.05, 0) is 36.4 Å². The maximum absolute atomic E-state index is 12.9. The molecule has 0 aromatic heterocycles. The van der Waals surface area contributed by atoms with E-state index in [0.717, 1.165) is 26.4 Å². The highest BCUT2D eigenvalue weighted by atomic mass is 32.2. The van der Waals surface area contributed by atoms with Crippen LogP contribution in [-0.4, -0.2) is 47.7 Å². The second kappa shape index (κ2) is 8.53. The molecule has 2 rings (SSSR count). The minimum absolute atomic E-state index is 0.0576. The van der Waals surface area contributed by atoms with Gasteiger partial charge in [0.05, 0.1) is 38.0 Å². The average molecular weight is 407 g/mol. The van der Waals surface area contributed by atoms with Crippen molar-refractivity contribution in [3.63, 3.8) is 0 Å². The Morgan fingerprint density at radius 1 is 0.786 bits per heavy atom. The van der Waals surface area contributed by atoms with E-state index >= 15 is 0 Å². The molecule has 0 heterocycles. The van der Waals surface area contributed by atoms with Crippen LogP contribution in [0.5, 0.6) is 0 Å². The van der Waals surface area contributed by atoms with Crippen LogP contribution >= 0.6 is 0 Å². The maximum atomic E-state index is 12.9. The largest absolute Gasteiger partial charge is 0.465 e. The van der Waals surface area contributed by atoms with Crippen LogP contribution in [0.2, 0.25) is 0 Å². The summed E-state index contributed by atoms with van der Waals surface area (Å²) >= 11 is 0. The maximum Gasteiger partial charge on any atom is 0.339 e. The molecule has 0 amide bonds. The molecule has 9 nitrogen and oxygen atoms in total. The van der Waals surface area contributed by atoms with E-state index in [0.29, 0.717) is 0 Å². The zero-order valence-electron chi connectivity index (χ0n) is 15.2. The number of esters is 3. The van der Waals surface area contributed by atoms with Crippen molar-refractivity contribution in [1.29, 1.82) is 0 Å². The Kier molecular flexibility index (Phi) is 6.37. The molecule has 0 saturated heterocycles. The average Bonchev–Trinajstić information content (AvgIpc) is 2.71. The van der Waals surface area contributed by atoms with E-state index in [9.17, 15) is 22.8 Å². The quantitative estimate of drug-likeness (QED) is 0.568. The lowest BCUT2D eigenvalue weighted by Gasteiger charge is -2.13. The van der Waals surface area contributed by atoms with Gasteiger partial charge in [-0.15, -0.1) is 0 Å². The van der Waals surface area contributed by atoms with Crippen molar-refractivity contribution in [3.8, 4) is 0 Å². The van der Waals surface area contributed by atoms with Gasteiger partial charge >= 0.3 is 17.9 Å². The third-order valence-corrected chi connectivity index (χ3v) is 5.05. The number of sulfonamides is 1. The molecule has 0 radical (unpaired) electrons. The van der Waals surface area contributed by atoms with Gasteiger partial charge in [0.25, 0.3) is 10.0 Å². The van der Waals surface area contributed by atoms with Crippen molar-refractivity contribution in [1.82, 2.24) is 0 Å². The Hall–Kier alpha value is -3.40. The van der Waals surface area contributed by atoms with Crippen LogP contribution in [-0.2, 0) is 24.2 Å².